The highest BCUT2D eigenvalue weighted by atomic mass is 35.5. The van der Waals surface area contributed by atoms with E-state index in [-0.39, 0.29) is 35.6 Å². The van der Waals surface area contributed by atoms with Gasteiger partial charge in [-0.1, -0.05) is 35.3 Å². The molecule has 0 unspecified atom stereocenters. The molecule has 0 radical (unpaired) electrons. The maximum absolute atomic E-state index is 13.3. The van der Waals surface area contributed by atoms with Crippen LogP contribution in [0.3, 0.4) is 0 Å². The quantitative estimate of drug-likeness (QED) is 0.177. The average molecular weight is 583 g/mol. The van der Waals surface area contributed by atoms with Gasteiger partial charge in [-0.15, -0.1) is 22.7 Å². The molecule has 0 N–H and O–H groups in total. The Morgan fingerprint density at radius 1 is 0.658 bits per heavy atom. The average Bonchev–Trinajstić information content (AvgIpc) is 3.64. The van der Waals surface area contributed by atoms with Gasteiger partial charge in [0.25, 0.3) is 0 Å². The molecule has 4 heterocycles. The van der Waals surface area contributed by atoms with E-state index in [0.29, 0.717) is 43.5 Å². The van der Waals surface area contributed by atoms with Gasteiger partial charge in [0.1, 0.15) is 24.4 Å². The van der Waals surface area contributed by atoms with Crippen LogP contribution in [0.15, 0.2) is 89.8 Å². The minimum atomic E-state index is -0.351. The molecule has 0 fully saturated rings. The fourth-order valence-electron chi connectivity index (χ4n) is 3.99. The van der Waals surface area contributed by atoms with E-state index in [2.05, 4.69) is 0 Å². The summed E-state index contributed by atoms with van der Waals surface area (Å²) in [5, 5.41) is 5.19. The highest BCUT2D eigenvalue weighted by Crippen LogP contribution is 2.36. The Balaban J connectivity index is 1.33. The van der Waals surface area contributed by atoms with Crippen molar-refractivity contribution in [2.24, 2.45) is 0 Å². The first kappa shape index (κ1) is 24.8. The molecule has 6 aromatic rings. The topological polar surface area (TPSA) is 78.9 Å². The number of halogens is 2. The second kappa shape index (κ2) is 10.3. The minimum absolute atomic E-state index is 0.0356. The van der Waals surface area contributed by atoms with Crippen LogP contribution in [0.1, 0.15) is 0 Å². The third-order valence-electron chi connectivity index (χ3n) is 5.69. The van der Waals surface area contributed by atoms with Crippen LogP contribution in [0.25, 0.3) is 43.2 Å². The van der Waals surface area contributed by atoms with Crippen molar-refractivity contribution in [3.63, 3.8) is 0 Å². The molecule has 0 saturated carbocycles. The first-order valence-electron chi connectivity index (χ1n) is 11.4. The zero-order valence-electron chi connectivity index (χ0n) is 19.4. The monoisotopic (exact) mass is 582 g/mol. The Labute approximate surface area is 233 Å². The largest absolute Gasteiger partial charge is 0.483 e. The highest BCUT2D eigenvalue weighted by Gasteiger charge is 2.21. The maximum atomic E-state index is 13.3. The SMILES string of the molecule is O=c1c(OCCOc2c(-c3cccs3)oc3ccc(Cl)cc3c2=O)c(-c2cccs2)oc2ccc(Cl)cc12. The lowest BCUT2D eigenvalue weighted by molar-refractivity contribution is 0.211. The van der Waals surface area contributed by atoms with E-state index in [0.717, 1.165) is 9.75 Å². The number of benzene rings is 2. The standard InChI is InChI=1S/C28H16Cl2O6S2/c29-15-5-7-19-17(13-15)23(31)27(25(35-19)21-3-1-11-37-21)33-9-10-34-28-24(32)18-14-16(30)6-8-20(18)36-26(28)22-4-2-12-38-22/h1-8,11-14H,9-10H2. The molecule has 190 valence electrons. The van der Waals surface area contributed by atoms with Gasteiger partial charge in [0.15, 0.2) is 11.5 Å². The first-order chi connectivity index (χ1) is 18.5. The van der Waals surface area contributed by atoms with Crippen molar-refractivity contribution in [2.45, 2.75) is 0 Å². The van der Waals surface area contributed by atoms with Crippen molar-refractivity contribution in [1.29, 1.82) is 0 Å². The zero-order valence-corrected chi connectivity index (χ0v) is 22.5. The van der Waals surface area contributed by atoms with E-state index in [4.69, 9.17) is 41.5 Å². The Morgan fingerprint density at radius 3 is 1.50 bits per heavy atom. The minimum Gasteiger partial charge on any atom is -0.483 e. The molecule has 0 aliphatic rings. The summed E-state index contributed by atoms with van der Waals surface area (Å²) in [7, 11) is 0. The number of fused-ring (bicyclic) bond motifs is 2. The van der Waals surface area contributed by atoms with E-state index in [1.165, 1.54) is 22.7 Å². The van der Waals surface area contributed by atoms with Gasteiger partial charge in [-0.05, 0) is 59.3 Å². The molecule has 0 saturated heterocycles. The highest BCUT2D eigenvalue weighted by molar-refractivity contribution is 7.13. The van der Waals surface area contributed by atoms with Gasteiger partial charge >= 0.3 is 0 Å². The van der Waals surface area contributed by atoms with Crippen LogP contribution in [0.2, 0.25) is 10.0 Å². The lowest BCUT2D eigenvalue weighted by Crippen LogP contribution is -2.18. The second-order valence-electron chi connectivity index (χ2n) is 8.11. The van der Waals surface area contributed by atoms with E-state index < -0.39 is 0 Å². The molecule has 0 aliphatic carbocycles. The lowest BCUT2D eigenvalue weighted by Gasteiger charge is -2.13. The summed E-state index contributed by atoms with van der Waals surface area (Å²) in [6, 6.07) is 17.1. The second-order valence-corrected chi connectivity index (χ2v) is 10.9. The van der Waals surface area contributed by atoms with Crippen LogP contribution in [0, 0.1) is 0 Å². The van der Waals surface area contributed by atoms with E-state index >= 15 is 0 Å². The molecule has 38 heavy (non-hydrogen) atoms. The Morgan fingerprint density at radius 2 is 1.11 bits per heavy atom. The summed E-state index contributed by atoms with van der Waals surface area (Å²) in [5.41, 5.74) is 0.103. The number of thiophene rings is 2. The molecule has 4 aromatic heterocycles. The Hall–Kier alpha value is -3.56. The maximum Gasteiger partial charge on any atom is 0.235 e. The van der Waals surface area contributed by atoms with Gasteiger partial charge in [0.05, 0.1) is 20.5 Å². The summed E-state index contributed by atoms with van der Waals surface area (Å²) in [6.07, 6.45) is 0. The van der Waals surface area contributed by atoms with Crippen LogP contribution in [0.5, 0.6) is 11.5 Å². The summed E-state index contributed by atoms with van der Waals surface area (Å²) in [5.74, 6) is 0.723. The van der Waals surface area contributed by atoms with Crippen molar-refractivity contribution in [1.82, 2.24) is 0 Å². The molecule has 2 aromatic carbocycles. The molecule has 0 amide bonds. The van der Waals surface area contributed by atoms with E-state index in [9.17, 15) is 9.59 Å². The molecule has 0 bridgehead atoms. The molecule has 0 aliphatic heterocycles. The van der Waals surface area contributed by atoms with Crippen molar-refractivity contribution >= 4 is 67.8 Å². The lowest BCUT2D eigenvalue weighted by atomic mass is 10.2. The number of hydrogen-bond donors (Lipinski definition) is 0. The van der Waals surface area contributed by atoms with Crippen molar-refractivity contribution in [3.05, 3.63) is 102 Å². The third-order valence-corrected chi connectivity index (χ3v) is 7.89. The van der Waals surface area contributed by atoms with Crippen molar-refractivity contribution < 1.29 is 18.3 Å². The summed E-state index contributed by atoms with van der Waals surface area (Å²) < 4.78 is 23.9. The smallest absolute Gasteiger partial charge is 0.235 e. The first-order valence-corrected chi connectivity index (χ1v) is 13.9. The molecule has 0 spiro atoms. The normalized spacial score (nSPS) is 11.3. The Kier molecular flexibility index (Phi) is 6.71. The Bertz CT molecular complexity index is 1750. The van der Waals surface area contributed by atoms with Crippen LogP contribution < -0.4 is 20.3 Å². The van der Waals surface area contributed by atoms with Gasteiger partial charge in [-0.25, -0.2) is 0 Å². The predicted octanol–water partition coefficient (Wildman–Crippen LogP) is 8.12. The fraction of sp³-hybridized carbons (Fsp3) is 0.0714. The molecule has 6 nitrogen and oxygen atoms in total. The third kappa shape index (κ3) is 4.61. The van der Waals surface area contributed by atoms with Gasteiger partial charge in [-0.3, -0.25) is 9.59 Å². The van der Waals surface area contributed by atoms with Gasteiger partial charge in [-0.2, -0.15) is 0 Å². The van der Waals surface area contributed by atoms with Gasteiger partial charge in [0, 0.05) is 10.0 Å². The van der Waals surface area contributed by atoms with Crippen LogP contribution in [-0.4, -0.2) is 13.2 Å². The van der Waals surface area contributed by atoms with Crippen LogP contribution in [0.4, 0.5) is 0 Å². The molecule has 6 rings (SSSR count). The molecule has 10 heteroatoms. The summed E-state index contributed by atoms with van der Waals surface area (Å²) in [4.78, 5) is 28.2. The van der Waals surface area contributed by atoms with E-state index in [1.807, 2.05) is 35.0 Å². The molecular weight excluding hydrogens is 567 g/mol. The predicted molar refractivity (Wildman–Crippen MR) is 153 cm³/mol. The number of rotatable bonds is 7. The van der Waals surface area contributed by atoms with Crippen molar-refractivity contribution in [2.75, 3.05) is 13.2 Å². The molecular formula is C28H16Cl2O6S2. The summed E-state index contributed by atoms with van der Waals surface area (Å²) in [6.45, 7) is -0.0712. The van der Waals surface area contributed by atoms with E-state index in [1.54, 1.807) is 36.4 Å². The zero-order chi connectivity index (χ0) is 26.2. The van der Waals surface area contributed by atoms with Crippen molar-refractivity contribution in [3.8, 4) is 32.8 Å². The fourth-order valence-corrected chi connectivity index (χ4v) is 5.74. The number of ether oxygens (including phenoxy) is 2. The van der Waals surface area contributed by atoms with Gasteiger partial charge < -0.3 is 18.3 Å². The van der Waals surface area contributed by atoms with Crippen LogP contribution >= 0.6 is 45.9 Å². The molecule has 0 atom stereocenters. The van der Waals surface area contributed by atoms with Crippen LogP contribution in [-0.2, 0) is 0 Å². The van der Waals surface area contributed by atoms with Gasteiger partial charge in [0.2, 0.25) is 22.4 Å². The summed E-state index contributed by atoms with van der Waals surface area (Å²) >= 11 is 15.1. The number of hydrogen-bond acceptors (Lipinski definition) is 8.